The Morgan fingerprint density at radius 1 is 1.25 bits per heavy atom. The van der Waals surface area contributed by atoms with Crippen molar-refractivity contribution in [1.29, 1.82) is 0 Å². The third-order valence-corrected chi connectivity index (χ3v) is 5.33. The Morgan fingerprint density at radius 3 is 2.79 bits per heavy atom. The molecule has 0 radical (unpaired) electrons. The summed E-state index contributed by atoms with van der Waals surface area (Å²) in [6, 6.07) is 6.37. The van der Waals surface area contributed by atoms with Crippen molar-refractivity contribution < 1.29 is 14.6 Å². The fraction of sp³-hybridized carbons (Fsp3) is 0.632. The second kappa shape index (κ2) is 7.88. The molecule has 1 atom stereocenters. The largest absolute Gasteiger partial charge is 0.497 e. The predicted octanol–water partition coefficient (Wildman–Crippen LogP) is 2.72. The maximum atomic E-state index is 12.1. The van der Waals surface area contributed by atoms with E-state index in [1.807, 2.05) is 6.07 Å². The van der Waals surface area contributed by atoms with E-state index in [4.69, 9.17) is 4.74 Å². The van der Waals surface area contributed by atoms with Crippen molar-refractivity contribution in [3.63, 3.8) is 0 Å². The SMILES string of the molecule is COc1ccc2c(c1)CCC[C@@H]2CNC(=O)NC1CCC(O)CC1. The summed E-state index contributed by atoms with van der Waals surface area (Å²) in [6.07, 6.45) is 6.43. The molecule has 0 heterocycles. The zero-order valence-electron chi connectivity index (χ0n) is 14.4. The topological polar surface area (TPSA) is 70.6 Å². The van der Waals surface area contributed by atoms with Crippen LogP contribution in [0.5, 0.6) is 5.75 Å². The molecule has 0 aliphatic heterocycles. The number of aliphatic hydroxyl groups is 1. The van der Waals surface area contributed by atoms with E-state index < -0.39 is 0 Å². The number of aliphatic hydroxyl groups excluding tert-OH is 1. The molecule has 0 spiro atoms. The van der Waals surface area contributed by atoms with Crippen LogP contribution in [0.4, 0.5) is 4.79 Å². The normalized spacial score (nSPS) is 26.3. The van der Waals surface area contributed by atoms with Gasteiger partial charge in [0.1, 0.15) is 5.75 Å². The minimum absolute atomic E-state index is 0.0861. The number of fused-ring (bicyclic) bond motifs is 1. The summed E-state index contributed by atoms with van der Waals surface area (Å²) in [5, 5.41) is 15.6. The van der Waals surface area contributed by atoms with Crippen molar-refractivity contribution in [2.75, 3.05) is 13.7 Å². The van der Waals surface area contributed by atoms with Gasteiger partial charge in [0.2, 0.25) is 0 Å². The number of hydrogen-bond donors (Lipinski definition) is 3. The summed E-state index contributed by atoms with van der Waals surface area (Å²) >= 11 is 0. The zero-order valence-corrected chi connectivity index (χ0v) is 14.4. The Morgan fingerprint density at radius 2 is 2.04 bits per heavy atom. The van der Waals surface area contributed by atoms with E-state index in [9.17, 15) is 9.90 Å². The third-order valence-electron chi connectivity index (χ3n) is 5.33. The van der Waals surface area contributed by atoms with Crippen LogP contribution in [0.15, 0.2) is 18.2 Å². The number of carbonyl (C=O) groups excluding carboxylic acids is 1. The molecule has 2 aliphatic carbocycles. The highest BCUT2D eigenvalue weighted by atomic mass is 16.5. The lowest BCUT2D eigenvalue weighted by molar-refractivity contribution is 0.117. The number of aryl methyl sites for hydroxylation is 1. The van der Waals surface area contributed by atoms with Gasteiger partial charge in [-0.25, -0.2) is 4.79 Å². The van der Waals surface area contributed by atoms with E-state index in [-0.39, 0.29) is 18.2 Å². The molecular formula is C19H28N2O3. The lowest BCUT2D eigenvalue weighted by Gasteiger charge is -2.28. The van der Waals surface area contributed by atoms with Gasteiger partial charge in [-0.3, -0.25) is 0 Å². The molecule has 1 saturated carbocycles. The monoisotopic (exact) mass is 332 g/mol. The second-order valence-electron chi connectivity index (χ2n) is 7.01. The second-order valence-corrected chi connectivity index (χ2v) is 7.01. The Hall–Kier alpha value is -1.75. The number of hydrogen-bond acceptors (Lipinski definition) is 3. The highest BCUT2D eigenvalue weighted by molar-refractivity contribution is 5.74. The van der Waals surface area contributed by atoms with E-state index in [1.165, 1.54) is 11.1 Å². The molecule has 24 heavy (non-hydrogen) atoms. The molecule has 3 N–H and O–H groups in total. The number of nitrogens with one attached hydrogen (secondary N) is 2. The molecule has 0 saturated heterocycles. The molecule has 132 valence electrons. The number of methoxy groups -OCH3 is 1. The summed E-state index contributed by atoms with van der Waals surface area (Å²) in [5.41, 5.74) is 2.68. The van der Waals surface area contributed by atoms with E-state index in [0.717, 1.165) is 50.7 Å². The molecular weight excluding hydrogens is 304 g/mol. The fourth-order valence-electron chi connectivity index (χ4n) is 3.90. The van der Waals surface area contributed by atoms with Gasteiger partial charge in [0.15, 0.2) is 0 Å². The van der Waals surface area contributed by atoms with Gasteiger partial charge in [0, 0.05) is 18.5 Å². The molecule has 2 amide bonds. The van der Waals surface area contributed by atoms with Crippen LogP contribution >= 0.6 is 0 Å². The predicted molar refractivity (Wildman–Crippen MR) is 93.5 cm³/mol. The average molecular weight is 332 g/mol. The summed E-state index contributed by atoms with van der Waals surface area (Å²) in [6.45, 7) is 0.667. The van der Waals surface area contributed by atoms with Crippen LogP contribution in [0.2, 0.25) is 0 Å². The first-order valence-corrected chi connectivity index (χ1v) is 9.05. The molecule has 0 aromatic heterocycles. The fourth-order valence-corrected chi connectivity index (χ4v) is 3.90. The smallest absolute Gasteiger partial charge is 0.315 e. The molecule has 0 unspecified atom stereocenters. The minimum Gasteiger partial charge on any atom is -0.497 e. The van der Waals surface area contributed by atoms with E-state index >= 15 is 0 Å². The van der Waals surface area contributed by atoms with Gasteiger partial charge < -0.3 is 20.5 Å². The van der Waals surface area contributed by atoms with Crippen LogP contribution in [0.3, 0.4) is 0 Å². The van der Waals surface area contributed by atoms with Gasteiger partial charge in [0.05, 0.1) is 13.2 Å². The number of urea groups is 1. The van der Waals surface area contributed by atoms with Crippen molar-refractivity contribution >= 4 is 6.03 Å². The molecule has 0 bridgehead atoms. The number of amides is 2. The third kappa shape index (κ3) is 4.20. The molecule has 1 aromatic carbocycles. The maximum Gasteiger partial charge on any atom is 0.315 e. The summed E-state index contributed by atoms with van der Waals surface area (Å²) in [4.78, 5) is 12.1. The Labute approximate surface area is 143 Å². The quantitative estimate of drug-likeness (QED) is 0.794. The van der Waals surface area contributed by atoms with Crippen LogP contribution in [-0.4, -0.2) is 36.9 Å². The van der Waals surface area contributed by atoms with Crippen LogP contribution < -0.4 is 15.4 Å². The number of carbonyl (C=O) groups is 1. The number of rotatable bonds is 4. The average Bonchev–Trinajstić information content (AvgIpc) is 2.61. The van der Waals surface area contributed by atoms with Crippen LogP contribution in [0, 0.1) is 0 Å². The van der Waals surface area contributed by atoms with Gasteiger partial charge >= 0.3 is 6.03 Å². The van der Waals surface area contributed by atoms with Gasteiger partial charge in [0.25, 0.3) is 0 Å². The van der Waals surface area contributed by atoms with Gasteiger partial charge in [-0.1, -0.05) is 6.07 Å². The van der Waals surface area contributed by atoms with E-state index in [2.05, 4.69) is 22.8 Å². The summed E-state index contributed by atoms with van der Waals surface area (Å²) in [7, 11) is 1.69. The van der Waals surface area contributed by atoms with Crippen molar-refractivity contribution in [2.45, 2.75) is 63.0 Å². The van der Waals surface area contributed by atoms with Gasteiger partial charge in [-0.05, 0) is 68.2 Å². The molecule has 1 fully saturated rings. The number of ether oxygens (including phenoxy) is 1. The summed E-state index contributed by atoms with van der Waals surface area (Å²) in [5.74, 6) is 1.28. The first-order valence-electron chi connectivity index (χ1n) is 9.05. The van der Waals surface area contributed by atoms with Gasteiger partial charge in [-0.2, -0.15) is 0 Å². The zero-order chi connectivity index (χ0) is 16.9. The first-order chi connectivity index (χ1) is 11.7. The van der Waals surface area contributed by atoms with Crippen molar-refractivity contribution in [3.05, 3.63) is 29.3 Å². The highest BCUT2D eigenvalue weighted by Crippen LogP contribution is 2.33. The standard InChI is InChI=1S/C19H28N2O3/c1-24-17-9-10-18-13(11-17)3-2-4-14(18)12-20-19(23)21-15-5-7-16(22)8-6-15/h9-11,14-16,22H,2-8,12H2,1H3,(H2,20,21,23)/t14-,15?,16?/m1/s1. The molecule has 1 aromatic rings. The van der Waals surface area contributed by atoms with Crippen molar-refractivity contribution in [3.8, 4) is 5.75 Å². The Kier molecular flexibility index (Phi) is 5.61. The van der Waals surface area contributed by atoms with Crippen LogP contribution in [0.25, 0.3) is 0 Å². The number of benzene rings is 1. The molecule has 2 aliphatic rings. The molecule has 5 nitrogen and oxygen atoms in total. The van der Waals surface area contributed by atoms with Crippen LogP contribution in [0.1, 0.15) is 55.6 Å². The van der Waals surface area contributed by atoms with Crippen molar-refractivity contribution in [1.82, 2.24) is 10.6 Å². The molecule has 3 rings (SSSR count). The minimum atomic E-state index is -0.193. The van der Waals surface area contributed by atoms with Gasteiger partial charge in [-0.15, -0.1) is 0 Å². The molecule has 5 heteroatoms. The van der Waals surface area contributed by atoms with E-state index in [0.29, 0.717) is 12.5 Å². The Bertz CT molecular complexity index is 568. The first kappa shape index (κ1) is 17.1. The lowest BCUT2D eigenvalue weighted by atomic mass is 9.82. The van der Waals surface area contributed by atoms with Crippen molar-refractivity contribution in [2.24, 2.45) is 0 Å². The van der Waals surface area contributed by atoms with E-state index in [1.54, 1.807) is 7.11 Å². The van der Waals surface area contributed by atoms with Crippen LogP contribution in [-0.2, 0) is 6.42 Å². The maximum absolute atomic E-state index is 12.1. The lowest BCUT2D eigenvalue weighted by Crippen LogP contribution is -2.45. The summed E-state index contributed by atoms with van der Waals surface area (Å²) < 4.78 is 5.31. The Balaban J connectivity index is 1.51. The highest BCUT2D eigenvalue weighted by Gasteiger charge is 2.23.